The Kier molecular flexibility index (Phi) is 8.86. The summed E-state index contributed by atoms with van der Waals surface area (Å²) in [6.07, 6.45) is -0.529. The van der Waals surface area contributed by atoms with E-state index in [1.54, 1.807) is 6.92 Å². The van der Waals surface area contributed by atoms with Crippen molar-refractivity contribution in [2.45, 2.75) is 35.6 Å². The first-order chi connectivity index (χ1) is 9.60. The third kappa shape index (κ3) is 7.00. The second kappa shape index (κ2) is 8.99. The highest BCUT2D eigenvalue weighted by molar-refractivity contribution is 9.09. The Balaban J connectivity index is 4.89. The maximum Gasteiger partial charge on any atom is 0.305 e. The van der Waals surface area contributed by atoms with Crippen molar-refractivity contribution in [1.82, 2.24) is 0 Å². The number of halogens is 3. The largest absolute Gasteiger partial charge is 0.466 e. The Hall–Kier alpha value is -0.290. The predicted molar refractivity (Wildman–Crippen MR) is 76.8 cm³/mol. The van der Waals surface area contributed by atoms with Gasteiger partial charge in [0.2, 0.25) is 0 Å². The smallest absolute Gasteiger partial charge is 0.305 e. The molecule has 0 amide bonds. The predicted octanol–water partition coefficient (Wildman–Crippen LogP) is 1.49. The molecule has 0 fully saturated rings. The summed E-state index contributed by atoms with van der Waals surface area (Å²) in [5.41, 5.74) is 0. The lowest BCUT2D eigenvalue weighted by Crippen LogP contribution is -2.34. The second-order valence-corrected chi connectivity index (χ2v) is 9.97. The number of alkyl halides is 3. The van der Waals surface area contributed by atoms with Crippen molar-refractivity contribution >= 4 is 41.6 Å². The van der Waals surface area contributed by atoms with Crippen LogP contribution in [-0.4, -0.2) is 50.8 Å². The molecule has 0 saturated carbocycles. The molecular weight excluding hydrogens is 398 g/mol. The fourth-order valence-corrected chi connectivity index (χ4v) is 6.02. The van der Waals surface area contributed by atoms with E-state index in [4.69, 9.17) is 0 Å². The summed E-state index contributed by atoms with van der Waals surface area (Å²) < 4.78 is 73.3. The van der Waals surface area contributed by atoms with Crippen LogP contribution < -0.4 is 0 Å². The van der Waals surface area contributed by atoms with Crippen molar-refractivity contribution in [3.63, 3.8) is 0 Å². The summed E-state index contributed by atoms with van der Waals surface area (Å²) in [6.45, 7) is 1.79. The third-order valence-electron chi connectivity index (χ3n) is 2.52. The summed E-state index contributed by atoms with van der Waals surface area (Å²) >= 11 is 3.02. The van der Waals surface area contributed by atoms with Gasteiger partial charge < -0.3 is 4.74 Å². The first kappa shape index (κ1) is 20.7. The standard InChI is InChI=1S/C10H17BrF2O6S2/c1-2-19-9(14)4-3-8(11)5-10(20(15,16)6-12)21(17,18)7-13/h8,10H,2-7H2,1H3. The van der Waals surface area contributed by atoms with Gasteiger partial charge in [-0.25, -0.2) is 25.6 Å². The zero-order valence-corrected chi connectivity index (χ0v) is 14.5. The van der Waals surface area contributed by atoms with Gasteiger partial charge in [-0.3, -0.25) is 4.79 Å². The van der Waals surface area contributed by atoms with Crippen LogP contribution in [-0.2, 0) is 29.2 Å². The first-order valence-corrected chi connectivity index (χ1v) is 10.3. The maximum absolute atomic E-state index is 12.5. The average Bonchev–Trinajstić information content (AvgIpc) is 2.42. The van der Waals surface area contributed by atoms with Gasteiger partial charge in [-0.05, 0) is 19.8 Å². The highest BCUT2D eigenvalue weighted by atomic mass is 79.9. The Morgan fingerprint density at radius 1 is 1.14 bits per heavy atom. The van der Waals surface area contributed by atoms with Gasteiger partial charge in [0.05, 0.1) is 6.61 Å². The molecule has 0 aliphatic rings. The summed E-state index contributed by atoms with van der Waals surface area (Å²) in [5.74, 6) is -0.528. The molecule has 11 heteroatoms. The molecule has 0 rings (SSSR count). The number of carbonyl (C=O) groups excluding carboxylic acids is 1. The highest BCUT2D eigenvalue weighted by Gasteiger charge is 2.39. The minimum Gasteiger partial charge on any atom is -0.466 e. The van der Waals surface area contributed by atoms with Crippen LogP contribution in [0, 0.1) is 0 Å². The Morgan fingerprint density at radius 3 is 2.00 bits per heavy atom. The fraction of sp³-hybridized carbons (Fsp3) is 0.900. The van der Waals surface area contributed by atoms with E-state index in [9.17, 15) is 30.4 Å². The number of hydrogen-bond acceptors (Lipinski definition) is 6. The van der Waals surface area contributed by atoms with Gasteiger partial charge in [0.25, 0.3) is 0 Å². The second-order valence-electron chi connectivity index (χ2n) is 4.15. The molecule has 126 valence electrons. The van der Waals surface area contributed by atoms with Crippen LogP contribution in [0.15, 0.2) is 0 Å². The first-order valence-electron chi connectivity index (χ1n) is 5.95. The van der Waals surface area contributed by atoms with E-state index in [1.807, 2.05) is 0 Å². The molecule has 1 unspecified atom stereocenters. The van der Waals surface area contributed by atoms with E-state index >= 15 is 0 Å². The monoisotopic (exact) mass is 414 g/mol. The molecule has 0 aromatic rings. The summed E-state index contributed by atoms with van der Waals surface area (Å²) in [5, 5.41) is 0. The Morgan fingerprint density at radius 2 is 1.62 bits per heavy atom. The lowest BCUT2D eigenvalue weighted by Gasteiger charge is -2.18. The van der Waals surface area contributed by atoms with Gasteiger partial charge in [0.1, 0.15) is 0 Å². The number of ether oxygens (including phenoxy) is 1. The number of sulfone groups is 2. The quantitative estimate of drug-likeness (QED) is 0.397. The summed E-state index contributed by atoms with van der Waals surface area (Å²) in [4.78, 5) is 10.4. The van der Waals surface area contributed by atoms with E-state index < -0.39 is 53.5 Å². The number of esters is 1. The number of hydrogen-bond donors (Lipinski definition) is 0. The normalized spacial score (nSPS) is 14.1. The molecule has 0 saturated heterocycles. The third-order valence-corrected chi connectivity index (χ3v) is 7.71. The number of rotatable bonds is 10. The molecule has 0 N–H and O–H groups in total. The lowest BCUT2D eigenvalue weighted by atomic mass is 10.2. The van der Waals surface area contributed by atoms with Gasteiger partial charge in [-0.1, -0.05) is 15.9 Å². The van der Waals surface area contributed by atoms with Gasteiger partial charge >= 0.3 is 5.97 Å². The van der Waals surface area contributed by atoms with Crippen LogP contribution in [0.25, 0.3) is 0 Å². The highest BCUT2D eigenvalue weighted by Crippen LogP contribution is 2.24. The van der Waals surface area contributed by atoms with Crippen molar-refractivity contribution < 1.29 is 35.1 Å². The Bertz CT molecular complexity index is 500. The van der Waals surface area contributed by atoms with Crippen molar-refractivity contribution in [3.05, 3.63) is 0 Å². The zero-order chi connectivity index (χ0) is 16.7. The maximum atomic E-state index is 12.5. The van der Waals surface area contributed by atoms with Crippen LogP contribution >= 0.6 is 15.9 Å². The zero-order valence-electron chi connectivity index (χ0n) is 11.3. The topological polar surface area (TPSA) is 94.6 Å². The van der Waals surface area contributed by atoms with E-state index in [-0.39, 0.29) is 19.4 Å². The molecule has 6 nitrogen and oxygen atoms in total. The van der Waals surface area contributed by atoms with Crippen molar-refractivity contribution in [2.75, 3.05) is 18.6 Å². The Labute approximate surface area is 131 Å². The molecule has 0 aliphatic carbocycles. The summed E-state index contributed by atoms with van der Waals surface area (Å²) in [6, 6.07) is -3.79. The van der Waals surface area contributed by atoms with E-state index in [0.29, 0.717) is 0 Å². The van der Waals surface area contributed by atoms with Crippen LogP contribution in [0.5, 0.6) is 0 Å². The van der Waals surface area contributed by atoms with Crippen LogP contribution in [0.1, 0.15) is 26.2 Å². The molecule has 0 spiro atoms. The van der Waals surface area contributed by atoms with Crippen LogP contribution in [0.2, 0.25) is 0 Å². The van der Waals surface area contributed by atoms with Crippen molar-refractivity contribution in [2.24, 2.45) is 0 Å². The minimum absolute atomic E-state index is 0.0676. The molecule has 0 heterocycles. The van der Waals surface area contributed by atoms with Crippen LogP contribution in [0.3, 0.4) is 0 Å². The van der Waals surface area contributed by atoms with E-state index in [1.165, 1.54) is 0 Å². The van der Waals surface area contributed by atoms with Gasteiger partial charge in [0, 0.05) is 11.2 Å². The van der Waals surface area contributed by atoms with E-state index in [0.717, 1.165) is 0 Å². The van der Waals surface area contributed by atoms with E-state index in [2.05, 4.69) is 20.7 Å². The molecule has 21 heavy (non-hydrogen) atoms. The van der Waals surface area contributed by atoms with Gasteiger partial charge in [-0.15, -0.1) is 0 Å². The molecule has 0 bridgehead atoms. The number of carbonyl (C=O) groups is 1. The van der Waals surface area contributed by atoms with Gasteiger partial charge in [-0.2, -0.15) is 0 Å². The summed E-state index contributed by atoms with van der Waals surface area (Å²) in [7, 11) is -9.23. The van der Waals surface area contributed by atoms with Crippen molar-refractivity contribution in [3.8, 4) is 0 Å². The molecular formula is C10H17BrF2O6S2. The molecule has 0 radical (unpaired) electrons. The SMILES string of the molecule is CCOC(=O)CCC(Br)CC(S(=O)(=O)CF)S(=O)(=O)CF. The fourth-order valence-electron chi connectivity index (χ4n) is 1.49. The molecule has 1 atom stereocenters. The van der Waals surface area contributed by atoms with Crippen molar-refractivity contribution in [1.29, 1.82) is 0 Å². The van der Waals surface area contributed by atoms with Crippen LogP contribution in [0.4, 0.5) is 8.78 Å². The lowest BCUT2D eigenvalue weighted by molar-refractivity contribution is -0.143. The molecule has 0 aromatic carbocycles. The van der Waals surface area contributed by atoms with Gasteiger partial charge in [0.15, 0.2) is 36.3 Å². The minimum atomic E-state index is -4.61. The average molecular weight is 415 g/mol. The molecule has 0 aromatic heterocycles. The molecule has 0 aliphatic heterocycles.